The summed E-state index contributed by atoms with van der Waals surface area (Å²) in [5, 5.41) is 11.3. The first-order valence-corrected chi connectivity index (χ1v) is 13.1. The molecule has 4 rings (SSSR count). The fraction of sp³-hybridized carbons (Fsp3) is 0.619. The maximum Gasteiger partial charge on any atom is 0.287 e. The van der Waals surface area contributed by atoms with Gasteiger partial charge in [0.2, 0.25) is 5.91 Å². The molecule has 4 heterocycles. The van der Waals surface area contributed by atoms with Crippen LogP contribution in [0, 0.1) is 12.8 Å². The van der Waals surface area contributed by atoms with Crippen LogP contribution in [0.4, 0.5) is 10.8 Å². The molecule has 2 aromatic rings. The SMILES string of the molecule is CC(=O)Nc1nc(C)c(SN2CCC(n3ncc(NCC4CCCOC4)c(Cl)c3=O)CC2)s1. The molecule has 9 nitrogen and oxygen atoms in total. The highest BCUT2D eigenvalue weighted by Gasteiger charge is 2.25. The summed E-state index contributed by atoms with van der Waals surface area (Å²) in [5.41, 5.74) is 1.25. The third kappa shape index (κ3) is 6.27. The number of ether oxygens (including phenoxy) is 1. The molecule has 2 aromatic heterocycles. The van der Waals surface area contributed by atoms with E-state index >= 15 is 0 Å². The second kappa shape index (κ2) is 11.2. The van der Waals surface area contributed by atoms with Gasteiger partial charge in [-0.25, -0.2) is 14.0 Å². The lowest BCUT2D eigenvalue weighted by Gasteiger charge is -2.31. The van der Waals surface area contributed by atoms with Gasteiger partial charge in [0.1, 0.15) is 9.23 Å². The largest absolute Gasteiger partial charge is 0.382 e. The van der Waals surface area contributed by atoms with E-state index in [0.717, 1.165) is 68.4 Å². The van der Waals surface area contributed by atoms with Gasteiger partial charge in [-0.05, 0) is 50.5 Å². The summed E-state index contributed by atoms with van der Waals surface area (Å²) < 4.78 is 10.4. The van der Waals surface area contributed by atoms with Crippen LogP contribution in [0.5, 0.6) is 0 Å². The number of halogens is 1. The first kappa shape index (κ1) is 24.5. The van der Waals surface area contributed by atoms with E-state index in [2.05, 4.69) is 25.0 Å². The summed E-state index contributed by atoms with van der Waals surface area (Å²) in [5.74, 6) is 0.303. The molecule has 2 N–H and O–H groups in total. The van der Waals surface area contributed by atoms with Crippen molar-refractivity contribution >= 4 is 51.6 Å². The molecule has 0 radical (unpaired) electrons. The van der Waals surface area contributed by atoms with Gasteiger partial charge < -0.3 is 15.4 Å². The van der Waals surface area contributed by atoms with Gasteiger partial charge in [0.05, 0.1) is 30.2 Å². The molecule has 0 spiro atoms. The Morgan fingerprint density at radius 3 is 2.85 bits per heavy atom. The molecule has 0 saturated carbocycles. The van der Waals surface area contributed by atoms with E-state index < -0.39 is 0 Å². The Kier molecular flexibility index (Phi) is 8.29. The van der Waals surface area contributed by atoms with Crippen LogP contribution in [0.25, 0.3) is 0 Å². The number of nitrogens with one attached hydrogen (secondary N) is 2. The molecule has 0 aliphatic carbocycles. The van der Waals surface area contributed by atoms with Crippen molar-refractivity contribution in [2.75, 3.05) is 43.5 Å². The standard InChI is InChI=1S/C21H29ClN6O3S2/c1-13-20(32-21(25-13)26-14(2)29)33-27-7-5-16(6-8-27)28-19(30)18(22)17(11-24-28)23-10-15-4-3-9-31-12-15/h11,15-16,23H,3-10,12H2,1-2H3,(H,25,26,29). The minimum Gasteiger partial charge on any atom is -0.382 e. The lowest BCUT2D eigenvalue weighted by atomic mass is 10.0. The molecule has 33 heavy (non-hydrogen) atoms. The highest BCUT2D eigenvalue weighted by Crippen LogP contribution is 2.36. The van der Waals surface area contributed by atoms with Crippen LogP contribution in [-0.2, 0) is 9.53 Å². The maximum atomic E-state index is 12.9. The van der Waals surface area contributed by atoms with Gasteiger partial charge in [0.15, 0.2) is 5.13 Å². The van der Waals surface area contributed by atoms with Gasteiger partial charge in [-0.15, -0.1) is 0 Å². The molecule has 1 amide bonds. The van der Waals surface area contributed by atoms with Gasteiger partial charge in [0, 0.05) is 33.2 Å². The summed E-state index contributed by atoms with van der Waals surface area (Å²) in [4.78, 5) is 28.6. The Morgan fingerprint density at radius 1 is 1.36 bits per heavy atom. The summed E-state index contributed by atoms with van der Waals surface area (Å²) in [6, 6.07) is 0.0187. The van der Waals surface area contributed by atoms with Gasteiger partial charge in [0.25, 0.3) is 5.56 Å². The average Bonchev–Trinajstić information content (AvgIpc) is 3.14. The lowest BCUT2D eigenvalue weighted by molar-refractivity contribution is -0.114. The molecule has 1 atom stereocenters. The Bertz CT molecular complexity index is 1030. The van der Waals surface area contributed by atoms with Crippen molar-refractivity contribution in [2.24, 2.45) is 5.92 Å². The minimum absolute atomic E-state index is 0.0187. The first-order valence-electron chi connectivity index (χ1n) is 11.2. The van der Waals surface area contributed by atoms with Crippen molar-refractivity contribution in [1.82, 2.24) is 19.1 Å². The highest BCUT2D eigenvalue weighted by molar-refractivity contribution is 7.99. The number of anilines is 2. The zero-order chi connectivity index (χ0) is 23.4. The van der Waals surface area contributed by atoms with Crippen LogP contribution in [0.15, 0.2) is 15.2 Å². The lowest BCUT2D eigenvalue weighted by Crippen LogP contribution is -2.36. The molecule has 180 valence electrons. The fourth-order valence-corrected chi connectivity index (χ4v) is 6.47. The number of nitrogens with zero attached hydrogens (tertiary/aromatic N) is 4. The molecule has 0 bridgehead atoms. The number of piperidine rings is 1. The summed E-state index contributed by atoms with van der Waals surface area (Å²) in [7, 11) is 0. The fourth-order valence-electron chi connectivity index (χ4n) is 4.02. The van der Waals surface area contributed by atoms with Crippen molar-refractivity contribution in [1.29, 1.82) is 0 Å². The number of carbonyl (C=O) groups excluding carboxylic acids is 1. The van der Waals surface area contributed by atoms with Crippen molar-refractivity contribution < 1.29 is 9.53 Å². The van der Waals surface area contributed by atoms with E-state index in [-0.39, 0.29) is 22.5 Å². The van der Waals surface area contributed by atoms with Crippen LogP contribution in [0.3, 0.4) is 0 Å². The minimum atomic E-state index is -0.245. The normalized spacial score (nSPS) is 20.0. The molecule has 2 saturated heterocycles. The summed E-state index contributed by atoms with van der Waals surface area (Å²) in [6.45, 7) is 7.34. The van der Waals surface area contributed by atoms with E-state index in [9.17, 15) is 9.59 Å². The quantitative estimate of drug-likeness (QED) is 0.540. The van der Waals surface area contributed by atoms with Crippen molar-refractivity contribution in [3.63, 3.8) is 0 Å². The number of aromatic nitrogens is 3. The van der Waals surface area contributed by atoms with Crippen LogP contribution < -0.4 is 16.2 Å². The predicted octanol–water partition coefficient (Wildman–Crippen LogP) is 3.80. The van der Waals surface area contributed by atoms with Gasteiger partial charge >= 0.3 is 0 Å². The Morgan fingerprint density at radius 2 is 2.15 bits per heavy atom. The van der Waals surface area contributed by atoms with E-state index in [1.165, 1.54) is 22.9 Å². The number of hydrogen-bond donors (Lipinski definition) is 2. The van der Waals surface area contributed by atoms with E-state index in [4.69, 9.17) is 16.3 Å². The predicted molar refractivity (Wildman–Crippen MR) is 132 cm³/mol. The first-order chi connectivity index (χ1) is 15.9. The molecule has 2 aliphatic heterocycles. The Balaban J connectivity index is 1.33. The molecular weight excluding hydrogens is 484 g/mol. The number of aryl methyl sites for hydroxylation is 1. The molecule has 2 fully saturated rings. The summed E-state index contributed by atoms with van der Waals surface area (Å²) in [6.07, 6.45) is 5.45. The van der Waals surface area contributed by atoms with Crippen molar-refractivity contribution in [3.05, 3.63) is 27.3 Å². The Hall–Kier alpha value is -1.66. The van der Waals surface area contributed by atoms with Crippen molar-refractivity contribution in [3.8, 4) is 0 Å². The van der Waals surface area contributed by atoms with E-state index in [1.807, 2.05) is 6.92 Å². The average molecular weight is 513 g/mol. The van der Waals surface area contributed by atoms with Gasteiger partial charge in [-0.2, -0.15) is 5.10 Å². The van der Waals surface area contributed by atoms with E-state index in [1.54, 1.807) is 18.1 Å². The second-order valence-electron chi connectivity index (χ2n) is 8.41. The number of thiazole rings is 1. The van der Waals surface area contributed by atoms with E-state index in [0.29, 0.717) is 16.7 Å². The smallest absolute Gasteiger partial charge is 0.287 e. The second-order valence-corrected chi connectivity index (χ2v) is 11.2. The van der Waals surface area contributed by atoms with Crippen LogP contribution in [0.1, 0.15) is 44.3 Å². The number of amides is 1. The Labute approximate surface area is 206 Å². The molecule has 0 aromatic carbocycles. The third-order valence-corrected chi connectivity index (χ3v) is 8.59. The highest BCUT2D eigenvalue weighted by atomic mass is 35.5. The zero-order valence-corrected chi connectivity index (χ0v) is 21.2. The van der Waals surface area contributed by atoms with Crippen LogP contribution in [0.2, 0.25) is 5.02 Å². The maximum absolute atomic E-state index is 12.9. The molecule has 1 unspecified atom stereocenters. The summed E-state index contributed by atoms with van der Waals surface area (Å²) >= 11 is 9.54. The van der Waals surface area contributed by atoms with Crippen molar-refractivity contribution in [2.45, 2.75) is 49.8 Å². The number of carbonyl (C=O) groups is 1. The van der Waals surface area contributed by atoms with Crippen LogP contribution >= 0.6 is 34.9 Å². The molecule has 12 heteroatoms. The molecule has 2 aliphatic rings. The van der Waals surface area contributed by atoms with Gasteiger partial charge in [-0.1, -0.05) is 22.9 Å². The third-order valence-electron chi connectivity index (χ3n) is 5.80. The number of hydrogen-bond acceptors (Lipinski definition) is 9. The molecular formula is C21H29ClN6O3S2. The topological polar surface area (TPSA) is 101 Å². The number of rotatable bonds is 7. The van der Waals surface area contributed by atoms with Gasteiger partial charge in [-0.3, -0.25) is 9.59 Å². The monoisotopic (exact) mass is 512 g/mol. The van der Waals surface area contributed by atoms with Crippen LogP contribution in [-0.4, -0.2) is 57.8 Å². The zero-order valence-electron chi connectivity index (χ0n) is 18.8.